The van der Waals surface area contributed by atoms with E-state index in [-0.39, 0.29) is 11.5 Å². The van der Waals surface area contributed by atoms with Crippen LogP contribution in [0.5, 0.6) is 0 Å². The van der Waals surface area contributed by atoms with Gasteiger partial charge in [-0.25, -0.2) is 9.59 Å². The number of rotatable bonds is 5. The van der Waals surface area contributed by atoms with Crippen LogP contribution in [0.2, 0.25) is 0 Å². The molecule has 1 aliphatic heterocycles. The smallest absolute Gasteiger partial charge is 0.350 e. The number of aryl methyl sites for hydroxylation is 1. The standard InChI is InChI=1S/C18H22N2O5/c1-5-8-19-15(21)12-7-6-11(2)14(9-12)20-10-13-16(22)24-18(3,4)25-17(13)23/h6-7,9-10,20H,5,8H2,1-4H3,(H,19,21). The Morgan fingerprint density at radius 2 is 1.84 bits per heavy atom. The van der Waals surface area contributed by atoms with Crippen molar-refractivity contribution < 1.29 is 23.9 Å². The van der Waals surface area contributed by atoms with Crippen LogP contribution in [0.1, 0.15) is 43.1 Å². The van der Waals surface area contributed by atoms with Gasteiger partial charge in [0.2, 0.25) is 0 Å². The molecule has 0 spiro atoms. The second kappa shape index (κ2) is 7.38. The summed E-state index contributed by atoms with van der Waals surface area (Å²) in [5.41, 5.74) is 1.69. The van der Waals surface area contributed by atoms with Crippen molar-refractivity contribution in [1.82, 2.24) is 5.32 Å². The van der Waals surface area contributed by atoms with Crippen molar-refractivity contribution in [3.8, 4) is 0 Å². The summed E-state index contributed by atoms with van der Waals surface area (Å²) in [6, 6.07) is 5.15. The lowest BCUT2D eigenvalue weighted by atomic mass is 10.1. The first-order valence-corrected chi connectivity index (χ1v) is 8.05. The number of carbonyl (C=O) groups is 3. The maximum Gasteiger partial charge on any atom is 0.350 e. The van der Waals surface area contributed by atoms with Gasteiger partial charge in [-0.15, -0.1) is 0 Å². The molecule has 7 heteroatoms. The van der Waals surface area contributed by atoms with E-state index in [1.165, 1.54) is 20.0 Å². The average Bonchev–Trinajstić information content (AvgIpc) is 2.52. The number of ether oxygens (including phenoxy) is 2. The Hall–Kier alpha value is -2.83. The van der Waals surface area contributed by atoms with Crippen LogP contribution < -0.4 is 10.6 Å². The first kappa shape index (κ1) is 18.5. The van der Waals surface area contributed by atoms with Crippen LogP contribution in [-0.4, -0.2) is 30.2 Å². The zero-order valence-corrected chi connectivity index (χ0v) is 14.8. The molecule has 0 radical (unpaired) electrons. The van der Waals surface area contributed by atoms with Crippen molar-refractivity contribution in [2.45, 2.75) is 39.9 Å². The average molecular weight is 346 g/mol. The predicted molar refractivity (Wildman–Crippen MR) is 91.8 cm³/mol. The van der Waals surface area contributed by atoms with Gasteiger partial charge in [-0.05, 0) is 31.0 Å². The molecule has 2 rings (SSSR count). The quantitative estimate of drug-likeness (QED) is 0.483. The number of hydrogen-bond donors (Lipinski definition) is 2. The van der Waals surface area contributed by atoms with Crippen molar-refractivity contribution in [2.75, 3.05) is 11.9 Å². The fraction of sp³-hybridized carbons (Fsp3) is 0.389. The number of hydrogen-bond acceptors (Lipinski definition) is 6. The van der Waals surface area contributed by atoms with Gasteiger partial charge in [0.25, 0.3) is 11.7 Å². The SMILES string of the molecule is CCCNC(=O)c1ccc(C)c(NC=C2C(=O)OC(C)(C)OC2=O)c1. The number of esters is 2. The lowest BCUT2D eigenvalue weighted by Gasteiger charge is -2.29. The van der Waals surface area contributed by atoms with Gasteiger partial charge in [0, 0.05) is 37.8 Å². The number of amides is 1. The zero-order valence-electron chi connectivity index (χ0n) is 14.8. The molecule has 1 aliphatic rings. The minimum atomic E-state index is -1.28. The highest BCUT2D eigenvalue weighted by Gasteiger charge is 2.38. The van der Waals surface area contributed by atoms with Crippen LogP contribution in [0.25, 0.3) is 0 Å². The van der Waals surface area contributed by atoms with Gasteiger partial charge in [-0.2, -0.15) is 0 Å². The number of anilines is 1. The fourth-order valence-electron chi connectivity index (χ4n) is 2.19. The molecular weight excluding hydrogens is 324 g/mol. The van der Waals surface area contributed by atoms with E-state index in [9.17, 15) is 14.4 Å². The summed E-state index contributed by atoms with van der Waals surface area (Å²) in [6.45, 7) is 7.37. The van der Waals surface area contributed by atoms with E-state index >= 15 is 0 Å². The largest absolute Gasteiger partial charge is 0.419 e. The highest BCUT2D eigenvalue weighted by atomic mass is 16.7. The summed E-state index contributed by atoms with van der Waals surface area (Å²) < 4.78 is 10.1. The van der Waals surface area contributed by atoms with Crippen LogP contribution in [0.15, 0.2) is 30.0 Å². The summed E-state index contributed by atoms with van der Waals surface area (Å²) in [5.74, 6) is -2.99. The van der Waals surface area contributed by atoms with Gasteiger partial charge in [0.05, 0.1) is 0 Å². The van der Waals surface area contributed by atoms with Crippen molar-refractivity contribution in [2.24, 2.45) is 0 Å². The molecule has 1 heterocycles. The molecule has 1 fully saturated rings. The molecule has 1 amide bonds. The van der Waals surface area contributed by atoms with E-state index in [1.807, 2.05) is 13.8 Å². The molecule has 7 nitrogen and oxygen atoms in total. The van der Waals surface area contributed by atoms with E-state index in [4.69, 9.17) is 9.47 Å². The summed E-state index contributed by atoms with van der Waals surface area (Å²) >= 11 is 0. The third-order valence-electron chi connectivity index (χ3n) is 3.52. The number of benzene rings is 1. The maximum absolute atomic E-state index is 12.0. The van der Waals surface area contributed by atoms with Crippen LogP contribution in [0.4, 0.5) is 5.69 Å². The molecule has 25 heavy (non-hydrogen) atoms. The third-order valence-corrected chi connectivity index (χ3v) is 3.52. The topological polar surface area (TPSA) is 93.7 Å². The van der Waals surface area contributed by atoms with Gasteiger partial charge in [-0.1, -0.05) is 13.0 Å². The van der Waals surface area contributed by atoms with Crippen LogP contribution in [0, 0.1) is 6.92 Å². The molecule has 0 saturated carbocycles. The Balaban J connectivity index is 2.18. The van der Waals surface area contributed by atoms with Crippen molar-refractivity contribution in [3.05, 3.63) is 41.1 Å². The first-order chi connectivity index (χ1) is 11.7. The van der Waals surface area contributed by atoms with Gasteiger partial charge in [-0.3, -0.25) is 4.79 Å². The summed E-state index contributed by atoms with van der Waals surface area (Å²) in [6.07, 6.45) is 2.07. The van der Waals surface area contributed by atoms with E-state index in [2.05, 4.69) is 10.6 Å². The zero-order chi connectivity index (χ0) is 18.6. The van der Waals surface area contributed by atoms with E-state index in [0.29, 0.717) is 17.8 Å². The molecule has 1 saturated heterocycles. The molecule has 0 unspecified atom stereocenters. The summed E-state index contributed by atoms with van der Waals surface area (Å²) in [5, 5.41) is 5.67. The second-order valence-electron chi connectivity index (χ2n) is 6.17. The Morgan fingerprint density at radius 1 is 1.20 bits per heavy atom. The summed E-state index contributed by atoms with van der Waals surface area (Å²) in [7, 11) is 0. The van der Waals surface area contributed by atoms with Crippen LogP contribution in [0.3, 0.4) is 0 Å². The minimum Gasteiger partial charge on any atom is -0.419 e. The maximum atomic E-state index is 12.0. The summed E-state index contributed by atoms with van der Waals surface area (Å²) in [4.78, 5) is 35.9. The Kier molecular flexibility index (Phi) is 5.46. The van der Waals surface area contributed by atoms with Gasteiger partial charge in [0.1, 0.15) is 0 Å². The lowest BCUT2D eigenvalue weighted by Crippen LogP contribution is -2.42. The molecule has 0 aliphatic carbocycles. The second-order valence-corrected chi connectivity index (χ2v) is 6.17. The Bertz CT molecular complexity index is 715. The molecule has 0 bridgehead atoms. The highest BCUT2D eigenvalue weighted by molar-refractivity contribution is 6.15. The minimum absolute atomic E-state index is 0.184. The normalized spacial score (nSPS) is 15.9. The van der Waals surface area contributed by atoms with E-state index in [0.717, 1.165) is 12.0 Å². The molecule has 1 aromatic rings. The monoisotopic (exact) mass is 346 g/mol. The van der Waals surface area contributed by atoms with Crippen LogP contribution >= 0.6 is 0 Å². The molecule has 0 aromatic heterocycles. The molecule has 1 aromatic carbocycles. The number of nitrogens with one attached hydrogen (secondary N) is 2. The Morgan fingerprint density at radius 3 is 2.44 bits per heavy atom. The van der Waals surface area contributed by atoms with Gasteiger partial charge >= 0.3 is 11.9 Å². The van der Waals surface area contributed by atoms with Crippen LogP contribution in [-0.2, 0) is 19.1 Å². The first-order valence-electron chi connectivity index (χ1n) is 8.05. The van der Waals surface area contributed by atoms with Crippen molar-refractivity contribution >= 4 is 23.5 Å². The van der Waals surface area contributed by atoms with Crippen molar-refractivity contribution in [3.63, 3.8) is 0 Å². The third kappa shape index (κ3) is 4.59. The van der Waals surface area contributed by atoms with Gasteiger partial charge in [0.15, 0.2) is 5.57 Å². The predicted octanol–water partition coefficient (Wildman–Crippen LogP) is 2.27. The number of cyclic esters (lactones) is 2. The molecule has 2 N–H and O–H groups in total. The lowest BCUT2D eigenvalue weighted by molar-refractivity contribution is -0.222. The molecule has 134 valence electrons. The Labute approximate surface area is 146 Å². The van der Waals surface area contributed by atoms with E-state index < -0.39 is 17.7 Å². The fourth-order valence-corrected chi connectivity index (χ4v) is 2.19. The van der Waals surface area contributed by atoms with Crippen molar-refractivity contribution in [1.29, 1.82) is 0 Å². The van der Waals surface area contributed by atoms with E-state index in [1.54, 1.807) is 18.2 Å². The molecular formula is C18H22N2O5. The van der Waals surface area contributed by atoms with Gasteiger partial charge < -0.3 is 20.1 Å². The number of carbonyl (C=O) groups excluding carboxylic acids is 3. The molecule has 0 atom stereocenters. The highest BCUT2D eigenvalue weighted by Crippen LogP contribution is 2.23.